The van der Waals surface area contributed by atoms with Crippen LogP contribution in [-0.4, -0.2) is 11.5 Å². The standard InChI is InChI=1S/C16H20FN3/c1-16(6-2-3-7-16)10-20-15-12(17)9-13(18)11-5-4-8-19-14(11)15/h4-5,8-9,20H,2-3,6-7,10,18H2,1H3. The molecule has 4 heteroatoms. The molecule has 3 rings (SSSR count). The summed E-state index contributed by atoms with van der Waals surface area (Å²) >= 11 is 0. The number of nitrogen functional groups attached to an aromatic ring is 1. The van der Waals surface area contributed by atoms with Crippen LogP contribution in [-0.2, 0) is 0 Å². The van der Waals surface area contributed by atoms with E-state index in [1.54, 1.807) is 6.20 Å². The van der Waals surface area contributed by atoms with Crippen molar-refractivity contribution in [2.45, 2.75) is 32.6 Å². The first-order valence-corrected chi connectivity index (χ1v) is 7.16. The van der Waals surface area contributed by atoms with Gasteiger partial charge in [0.2, 0.25) is 0 Å². The molecule has 106 valence electrons. The minimum absolute atomic E-state index is 0.259. The van der Waals surface area contributed by atoms with Gasteiger partial charge in [-0.3, -0.25) is 4.98 Å². The van der Waals surface area contributed by atoms with Gasteiger partial charge in [-0.05, 0) is 36.5 Å². The average Bonchev–Trinajstić information content (AvgIpc) is 2.86. The molecule has 0 saturated heterocycles. The molecule has 1 aromatic carbocycles. The third-order valence-electron chi connectivity index (χ3n) is 4.38. The molecular weight excluding hydrogens is 253 g/mol. The molecular formula is C16H20FN3. The van der Waals surface area contributed by atoms with Gasteiger partial charge >= 0.3 is 0 Å². The quantitative estimate of drug-likeness (QED) is 0.833. The van der Waals surface area contributed by atoms with Crippen LogP contribution in [0.3, 0.4) is 0 Å². The third kappa shape index (κ3) is 2.30. The summed E-state index contributed by atoms with van der Waals surface area (Å²) in [5.74, 6) is -0.324. The molecule has 1 aromatic heterocycles. The molecule has 0 spiro atoms. The lowest BCUT2D eigenvalue weighted by molar-refractivity contribution is 0.361. The minimum atomic E-state index is -0.324. The second kappa shape index (κ2) is 4.93. The van der Waals surface area contributed by atoms with E-state index in [1.165, 1.54) is 31.7 Å². The first-order valence-electron chi connectivity index (χ1n) is 7.16. The van der Waals surface area contributed by atoms with E-state index in [0.717, 1.165) is 11.9 Å². The van der Waals surface area contributed by atoms with Gasteiger partial charge < -0.3 is 11.1 Å². The molecule has 0 aliphatic heterocycles. The number of hydrogen-bond acceptors (Lipinski definition) is 3. The van der Waals surface area contributed by atoms with Crippen LogP contribution >= 0.6 is 0 Å². The predicted molar refractivity (Wildman–Crippen MR) is 81.2 cm³/mol. The topological polar surface area (TPSA) is 50.9 Å². The van der Waals surface area contributed by atoms with Crippen molar-refractivity contribution in [3.63, 3.8) is 0 Å². The van der Waals surface area contributed by atoms with E-state index in [9.17, 15) is 4.39 Å². The van der Waals surface area contributed by atoms with Crippen LogP contribution in [0.25, 0.3) is 10.9 Å². The summed E-state index contributed by atoms with van der Waals surface area (Å²) in [6.45, 7) is 3.04. The van der Waals surface area contributed by atoms with E-state index in [2.05, 4.69) is 17.2 Å². The Morgan fingerprint density at radius 1 is 1.40 bits per heavy atom. The molecule has 0 bridgehead atoms. The van der Waals surface area contributed by atoms with Crippen molar-refractivity contribution in [3.05, 3.63) is 30.2 Å². The minimum Gasteiger partial charge on any atom is -0.398 e. The van der Waals surface area contributed by atoms with Crippen molar-refractivity contribution in [2.24, 2.45) is 5.41 Å². The highest BCUT2D eigenvalue weighted by atomic mass is 19.1. The lowest BCUT2D eigenvalue weighted by Gasteiger charge is -2.25. The highest BCUT2D eigenvalue weighted by molar-refractivity contribution is 5.98. The van der Waals surface area contributed by atoms with E-state index >= 15 is 0 Å². The van der Waals surface area contributed by atoms with E-state index in [-0.39, 0.29) is 11.2 Å². The molecule has 0 radical (unpaired) electrons. The van der Waals surface area contributed by atoms with Gasteiger partial charge in [-0.15, -0.1) is 0 Å². The number of pyridine rings is 1. The van der Waals surface area contributed by atoms with E-state index < -0.39 is 0 Å². The Labute approximate surface area is 118 Å². The molecule has 1 saturated carbocycles. The molecule has 0 amide bonds. The Kier molecular flexibility index (Phi) is 3.24. The van der Waals surface area contributed by atoms with Crippen LogP contribution in [0.1, 0.15) is 32.6 Å². The summed E-state index contributed by atoms with van der Waals surface area (Å²) in [5.41, 5.74) is 7.65. The number of benzene rings is 1. The van der Waals surface area contributed by atoms with Gasteiger partial charge in [0.15, 0.2) is 5.82 Å². The molecule has 1 aliphatic carbocycles. The van der Waals surface area contributed by atoms with Crippen LogP contribution < -0.4 is 11.1 Å². The summed E-state index contributed by atoms with van der Waals surface area (Å²) in [6.07, 6.45) is 6.59. The molecule has 20 heavy (non-hydrogen) atoms. The second-order valence-electron chi connectivity index (χ2n) is 6.09. The summed E-state index contributed by atoms with van der Waals surface area (Å²) in [7, 11) is 0. The van der Waals surface area contributed by atoms with Gasteiger partial charge in [0, 0.05) is 23.8 Å². The molecule has 1 heterocycles. The Morgan fingerprint density at radius 2 is 2.15 bits per heavy atom. The van der Waals surface area contributed by atoms with Gasteiger partial charge in [-0.25, -0.2) is 4.39 Å². The van der Waals surface area contributed by atoms with Crippen LogP contribution in [0.4, 0.5) is 15.8 Å². The number of aromatic nitrogens is 1. The maximum atomic E-state index is 14.2. The maximum Gasteiger partial charge on any atom is 0.150 e. The van der Waals surface area contributed by atoms with Gasteiger partial charge in [0.1, 0.15) is 0 Å². The zero-order valence-corrected chi connectivity index (χ0v) is 11.7. The lowest BCUT2D eigenvalue weighted by Crippen LogP contribution is -2.23. The SMILES string of the molecule is CC1(CNc2c(F)cc(N)c3cccnc23)CCCC1. The molecule has 0 atom stereocenters. The number of anilines is 2. The van der Waals surface area contributed by atoms with Gasteiger partial charge in [0.05, 0.1) is 11.2 Å². The molecule has 3 N–H and O–H groups in total. The van der Waals surface area contributed by atoms with Crippen LogP contribution in [0, 0.1) is 11.2 Å². The predicted octanol–water partition coefficient (Wildman–Crippen LogP) is 3.95. The fourth-order valence-electron chi connectivity index (χ4n) is 3.11. The Balaban J connectivity index is 1.94. The molecule has 1 fully saturated rings. The molecule has 3 nitrogen and oxygen atoms in total. The summed E-state index contributed by atoms with van der Waals surface area (Å²) in [4.78, 5) is 4.29. The monoisotopic (exact) mass is 273 g/mol. The number of nitrogens with zero attached hydrogens (tertiary/aromatic N) is 1. The Hall–Kier alpha value is -1.84. The normalized spacial score (nSPS) is 17.5. The number of halogens is 1. The summed E-state index contributed by atoms with van der Waals surface area (Å²) in [5, 5.41) is 4.07. The van der Waals surface area contributed by atoms with Crippen LogP contribution in [0.2, 0.25) is 0 Å². The van der Waals surface area contributed by atoms with Crippen molar-refractivity contribution < 1.29 is 4.39 Å². The smallest absolute Gasteiger partial charge is 0.150 e. The van der Waals surface area contributed by atoms with Crippen LogP contribution in [0.5, 0.6) is 0 Å². The first kappa shape index (κ1) is 13.2. The van der Waals surface area contributed by atoms with Gasteiger partial charge in [-0.2, -0.15) is 0 Å². The second-order valence-corrected chi connectivity index (χ2v) is 6.09. The van der Waals surface area contributed by atoms with Crippen molar-refractivity contribution in [3.8, 4) is 0 Å². The molecule has 1 aliphatic rings. The van der Waals surface area contributed by atoms with Crippen molar-refractivity contribution in [2.75, 3.05) is 17.6 Å². The average molecular weight is 273 g/mol. The third-order valence-corrected chi connectivity index (χ3v) is 4.38. The largest absolute Gasteiger partial charge is 0.398 e. The molecule has 0 unspecified atom stereocenters. The zero-order valence-electron chi connectivity index (χ0n) is 11.7. The zero-order chi connectivity index (χ0) is 14.2. The Bertz CT molecular complexity index is 633. The summed E-state index contributed by atoms with van der Waals surface area (Å²) < 4.78 is 14.2. The van der Waals surface area contributed by atoms with E-state index in [4.69, 9.17) is 5.73 Å². The number of nitrogens with two attached hydrogens (primary N) is 1. The molecule has 2 aromatic rings. The number of rotatable bonds is 3. The number of fused-ring (bicyclic) bond motifs is 1. The maximum absolute atomic E-state index is 14.2. The van der Waals surface area contributed by atoms with Gasteiger partial charge in [0.25, 0.3) is 0 Å². The Morgan fingerprint density at radius 3 is 2.90 bits per heavy atom. The van der Waals surface area contributed by atoms with Crippen molar-refractivity contribution in [1.29, 1.82) is 0 Å². The van der Waals surface area contributed by atoms with E-state index in [1.807, 2.05) is 12.1 Å². The van der Waals surface area contributed by atoms with Crippen molar-refractivity contribution in [1.82, 2.24) is 4.98 Å². The van der Waals surface area contributed by atoms with Crippen LogP contribution in [0.15, 0.2) is 24.4 Å². The highest BCUT2D eigenvalue weighted by Crippen LogP contribution is 2.38. The van der Waals surface area contributed by atoms with Crippen molar-refractivity contribution >= 4 is 22.3 Å². The number of hydrogen-bond donors (Lipinski definition) is 2. The first-order chi connectivity index (χ1) is 9.59. The number of nitrogens with one attached hydrogen (secondary N) is 1. The van der Waals surface area contributed by atoms with Gasteiger partial charge in [-0.1, -0.05) is 19.8 Å². The lowest BCUT2D eigenvalue weighted by atomic mass is 9.89. The van der Waals surface area contributed by atoms with E-state index in [0.29, 0.717) is 16.9 Å². The summed E-state index contributed by atoms with van der Waals surface area (Å²) in [6, 6.07) is 5.07. The fourth-order valence-corrected chi connectivity index (χ4v) is 3.11. The fraction of sp³-hybridized carbons (Fsp3) is 0.438. The highest BCUT2D eigenvalue weighted by Gasteiger charge is 2.28.